The minimum Gasteiger partial charge on any atom is -0.448 e. The molecule has 0 spiro atoms. The first kappa shape index (κ1) is 9.06. The molecule has 0 aliphatic carbocycles. The van der Waals surface area contributed by atoms with Crippen molar-refractivity contribution < 1.29 is 9.52 Å². The summed E-state index contributed by atoms with van der Waals surface area (Å²) in [4.78, 5) is 2.15. The van der Waals surface area contributed by atoms with Crippen LogP contribution in [0.15, 0.2) is 16.5 Å². The maximum absolute atomic E-state index is 9.28. The standard InChI is InChI=1S/C9H12ClNO2/c10-9-2-1-8(13-9)6-11-4-3-7(12)5-11/h1-2,7,12H,3-6H2/t7-/m0/s1. The molecular weight excluding hydrogens is 190 g/mol. The van der Waals surface area contributed by atoms with E-state index in [0.29, 0.717) is 5.22 Å². The molecule has 3 nitrogen and oxygen atoms in total. The molecule has 2 heterocycles. The molecule has 1 atom stereocenters. The molecule has 0 aromatic carbocycles. The normalized spacial score (nSPS) is 24.0. The Kier molecular flexibility index (Phi) is 2.58. The predicted molar refractivity (Wildman–Crippen MR) is 49.6 cm³/mol. The third kappa shape index (κ3) is 2.24. The number of aliphatic hydroxyl groups is 1. The van der Waals surface area contributed by atoms with Gasteiger partial charge >= 0.3 is 0 Å². The molecule has 1 aliphatic heterocycles. The summed E-state index contributed by atoms with van der Waals surface area (Å²) in [5.74, 6) is 0.860. The Bertz CT molecular complexity index is 287. The number of nitrogens with zero attached hydrogens (tertiary/aromatic N) is 1. The van der Waals surface area contributed by atoms with E-state index in [1.807, 2.05) is 6.07 Å². The van der Waals surface area contributed by atoms with Gasteiger partial charge in [-0.15, -0.1) is 0 Å². The maximum Gasteiger partial charge on any atom is 0.193 e. The van der Waals surface area contributed by atoms with Crippen LogP contribution in [0, 0.1) is 0 Å². The van der Waals surface area contributed by atoms with E-state index in [4.69, 9.17) is 16.0 Å². The summed E-state index contributed by atoms with van der Waals surface area (Å²) >= 11 is 5.64. The monoisotopic (exact) mass is 201 g/mol. The number of hydrogen-bond acceptors (Lipinski definition) is 3. The van der Waals surface area contributed by atoms with Crippen LogP contribution in [0.25, 0.3) is 0 Å². The zero-order valence-electron chi connectivity index (χ0n) is 7.24. The van der Waals surface area contributed by atoms with Crippen molar-refractivity contribution in [2.45, 2.75) is 19.1 Å². The topological polar surface area (TPSA) is 36.6 Å². The van der Waals surface area contributed by atoms with Crippen molar-refractivity contribution in [3.8, 4) is 0 Å². The number of furan rings is 1. The molecule has 0 unspecified atom stereocenters. The van der Waals surface area contributed by atoms with E-state index in [1.54, 1.807) is 6.07 Å². The van der Waals surface area contributed by atoms with Crippen molar-refractivity contribution in [3.05, 3.63) is 23.1 Å². The van der Waals surface area contributed by atoms with Gasteiger partial charge in [0.2, 0.25) is 0 Å². The van der Waals surface area contributed by atoms with Crippen LogP contribution in [-0.4, -0.2) is 29.2 Å². The second-order valence-electron chi connectivity index (χ2n) is 3.38. The number of aliphatic hydroxyl groups excluding tert-OH is 1. The summed E-state index contributed by atoms with van der Waals surface area (Å²) < 4.78 is 5.22. The van der Waals surface area contributed by atoms with Crippen LogP contribution < -0.4 is 0 Å². The van der Waals surface area contributed by atoms with Gasteiger partial charge in [0.15, 0.2) is 5.22 Å². The highest BCUT2D eigenvalue weighted by atomic mass is 35.5. The van der Waals surface area contributed by atoms with Gasteiger partial charge < -0.3 is 9.52 Å². The zero-order chi connectivity index (χ0) is 9.26. The second-order valence-corrected chi connectivity index (χ2v) is 3.76. The van der Waals surface area contributed by atoms with E-state index < -0.39 is 0 Å². The highest BCUT2D eigenvalue weighted by molar-refractivity contribution is 6.28. The Morgan fingerprint density at radius 3 is 3.00 bits per heavy atom. The molecule has 1 aromatic heterocycles. The first-order valence-corrected chi connectivity index (χ1v) is 4.76. The number of β-amino-alcohol motifs (C(OH)–C–C–N with tert-alkyl or cyclic N) is 1. The van der Waals surface area contributed by atoms with E-state index in [9.17, 15) is 5.11 Å². The molecule has 0 amide bonds. The van der Waals surface area contributed by atoms with Gasteiger partial charge in [-0.25, -0.2) is 0 Å². The van der Waals surface area contributed by atoms with Crippen molar-refractivity contribution in [3.63, 3.8) is 0 Å². The molecule has 0 radical (unpaired) electrons. The predicted octanol–water partition coefficient (Wildman–Crippen LogP) is 1.50. The molecule has 0 saturated carbocycles. The minimum atomic E-state index is -0.176. The quantitative estimate of drug-likeness (QED) is 0.788. The molecule has 1 fully saturated rings. The fourth-order valence-corrected chi connectivity index (χ4v) is 1.78. The summed E-state index contributed by atoms with van der Waals surface area (Å²) in [6.45, 7) is 2.40. The molecule has 13 heavy (non-hydrogen) atoms. The molecule has 1 saturated heterocycles. The Morgan fingerprint density at radius 2 is 2.46 bits per heavy atom. The van der Waals surface area contributed by atoms with E-state index in [0.717, 1.165) is 31.8 Å². The van der Waals surface area contributed by atoms with Crippen LogP contribution in [-0.2, 0) is 6.54 Å². The summed E-state index contributed by atoms with van der Waals surface area (Å²) in [7, 11) is 0. The van der Waals surface area contributed by atoms with E-state index >= 15 is 0 Å². The van der Waals surface area contributed by atoms with Gasteiger partial charge in [0, 0.05) is 13.1 Å². The number of likely N-dealkylation sites (tertiary alicyclic amines) is 1. The highest BCUT2D eigenvalue weighted by Crippen LogP contribution is 2.17. The first-order chi connectivity index (χ1) is 6.24. The zero-order valence-corrected chi connectivity index (χ0v) is 8.00. The molecule has 72 valence electrons. The van der Waals surface area contributed by atoms with Crippen molar-refractivity contribution in [2.24, 2.45) is 0 Å². The van der Waals surface area contributed by atoms with Crippen molar-refractivity contribution >= 4 is 11.6 Å². The molecule has 1 N–H and O–H groups in total. The SMILES string of the molecule is O[C@H]1CCN(Cc2ccc(Cl)o2)C1. The van der Waals surface area contributed by atoms with E-state index in [1.165, 1.54) is 0 Å². The van der Waals surface area contributed by atoms with Gasteiger partial charge in [-0.1, -0.05) is 0 Å². The average Bonchev–Trinajstić information content (AvgIpc) is 2.62. The molecule has 1 aliphatic rings. The fraction of sp³-hybridized carbons (Fsp3) is 0.556. The highest BCUT2D eigenvalue weighted by Gasteiger charge is 2.20. The maximum atomic E-state index is 9.28. The molecule has 0 bridgehead atoms. The summed E-state index contributed by atoms with van der Waals surface area (Å²) in [6.07, 6.45) is 0.680. The van der Waals surface area contributed by atoms with Gasteiger partial charge in [0.05, 0.1) is 12.6 Å². The first-order valence-electron chi connectivity index (χ1n) is 4.38. The molecular formula is C9H12ClNO2. The van der Waals surface area contributed by atoms with E-state index in [-0.39, 0.29) is 6.10 Å². The fourth-order valence-electron chi connectivity index (χ4n) is 1.61. The molecule has 1 aromatic rings. The number of hydrogen-bond donors (Lipinski definition) is 1. The van der Waals surface area contributed by atoms with Gasteiger partial charge in [-0.3, -0.25) is 4.90 Å². The summed E-state index contributed by atoms with van der Waals surface area (Å²) in [5, 5.41) is 9.71. The summed E-state index contributed by atoms with van der Waals surface area (Å²) in [5.41, 5.74) is 0. The summed E-state index contributed by atoms with van der Waals surface area (Å²) in [6, 6.07) is 3.61. The van der Waals surface area contributed by atoms with Crippen LogP contribution in [0.1, 0.15) is 12.2 Å². The lowest BCUT2D eigenvalue weighted by molar-refractivity contribution is 0.172. The van der Waals surface area contributed by atoms with Gasteiger partial charge in [0.1, 0.15) is 5.76 Å². The molecule has 4 heteroatoms. The van der Waals surface area contributed by atoms with Crippen LogP contribution >= 0.6 is 11.6 Å². The van der Waals surface area contributed by atoms with Gasteiger partial charge in [-0.05, 0) is 30.2 Å². The van der Waals surface area contributed by atoms with Gasteiger partial charge in [0.25, 0.3) is 0 Å². The number of halogens is 1. The van der Waals surface area contributed by atoms with Crippen LogP contribution in [0.2, 0.25) is 5.22 Å². The van der Waals surface area contributed by atoms with Gasteiger partial charge in [-0.2, -0.15) is 0 Å². The van der Waals surface area contributed by atoms with Crippen molar-refractivity contribution in [1.29, 1.82) is 0 Å². The smallest absolute Gasteiger partial charge is 0.193 e. The largest absolute Gasteiger partial charge is 0.448 e. The third-order valence-corrected chi connectivity index (χ3v) is 2.46. The Balaban J connectivity index is 1.91. The minimum absolute atomic E-state index is 0.176. The van der Waals surface area contributed by atoms with Crippen LogP contribution in [0.4, 0.5) is 0 Å². The Morgan fingerprint density at radius 1 is 1.62 bits per heavy atom. The van der Waals surface area contributed by atoms with Crippen molar-refractivity contribution in [1.82, 2.24) is 4.90 Å². The third-order valence-electron chi connectivity index (χ3n) is 2.26. The van der Waals surface area contributed by atoms with Crippen LogP contribution in [0.3, 0.4) is 0 Å². The lowest BCUT2D eigenvalue weighted by atomic mass is 10.3. The van der Waals surface area contributed by atoms with Crippen molar-refractivity contribution in [2.75, 3.05) is 13.1 Å². The average molecular weight is 202 g/mol. The lowest BCUT2D eigenvalue weighted by Crippen LogP contribution is -2.21. The second kappa shape index (κ2) is 3.70. The Hall–Kier alpha value is -0.510. The molecule has 2 rings (SSSR count). The lowest BCUT2D eigenvalue weighted by Gasteiger charge is -2.11. The van der Waals surface area contributed by atoms with E-state index in [2.05, 4.69) is 4.90 Å². The van der Waals surface area contributed by atoms with Crippen LogP contribution in [0.5, 0.6) is 0 Å². The Labute approximate surface area is 81.9 Å². The number of rotatable bonds is 2.